The Kier molecular flexibility index (Phi) is 5.88. The quantitative estimate of drug-likeness (QED) is 0.908. The summed E-state index contributed by atoms with van der Waals surface area (Å²) < 4.78 is 11.6. The average molecular weight is 313 g/mol. The van der Waals surface area contributed by atoms with Crippen LogP contribution in [0, 0.1) is 0 Å². The summed E-state index contributed by atoms with van der Waals surface area (Å²) in [7, 11) is 0. The molecule has 1 fully saturated rings. The summed E-state index contributed by atoms with van der Waals surface area (Å²) in [4.78, 5) is 2.40. The predicted molar refractivity (Wildman–Crippen MR) is 86.0 cm³/mol. The number of nitrogens with two attached hydrogens (primary N) is 1. The molecule has 0 aromatic heterocycles. The van der Waals surface area contributed by atoms with E-state index in [2.05, 4.69) is 18.7 Å². The van der Waals surface area contributed by atoms with Crippen LogP contribution >= 0.6 is 11.6 Å². The lowest BCUT2D eigenvalue weighted by Gasteiger charge is -2.35. The van der Waals surface area contributed by atoms with Gasteiger partial charge in [-0.2, -0.15) is 0 Å². The van der Waals surface area contributed by atoms with Crippen molar-refractivity contribution in [1.82, 2.24) is 4.90 Å². The molecule has 0 radical (unpaired) electrons. The van der Waals surface area contributed by atoms with Gasteiger partial charge in [-0.1, -0.05) is 17.7 Å². The normalized spacial score (nSPS) is 21.5. The molecule has 2 rings (SSSR count). The number of hydrogen-bond donors (Lipinski definition) is 1. The fourth-order valence-corrected chi connectivity index (χ4v) is 2.66. The SMILES string of the molecule is CC(N)c1ccc(OCC2CN(C(C)C)CCO2)c(Cl)c1. The minimum Gasteiger partial charge on any atom is -0.489 e. The zero-order chi connectivity index (χ0) is 15.4. The third-order valence-electron chi connectivity index (χ3n) is 3.81. The van der Waals surface area contributed by atoms with Crippen molar-refractivity contribution in [2.45, 2.75) is 39.0 Å². The van der Waals surface area contributed by atoms with E-state index in [1.807, 2.05) is 25.1 Å². The Labute approximate surface area is 132 Å². The lowest BCUT2D eigenvalue weighted by Crippen LogP contribution is -2.47. The Hall–Kier alpha value is -0.810. The molecule has 1 aromatic rings. The first-order valence-electron chi connectivity index (χ1n) is 7.51. The van der Waals surface area contributed by atoms with Gasteiger partial charge in [0.15, 0.2) is 0 Å². The molecule has 0 aliphatic carbocycles. The summed E-state index contributed by atoms with van der Waals surface area (Å²) in [6, 6.07) is 6.20. The molecule has 2 unspecified atom stereocenters. The van der Waals surface area contributed by atoms with Crippen LogP contribution in [0.15, 0.2) is 18.2 Å². The summed E-state index contributed by atoms with van der Waals surface area (Å²) >= 11 is 6.24. The highest BCUT2D eigenvalue weighted by molar-refractivity contribution is 6.32. The first-order chi connectivity index (χ1) is 9.97. The second-order valence-electron chi connectivity index (χ2n) is 5.87. The number of hydrogen-bond acceptors (Lipinski definition) is 4. The van der Waals surface area contributed by atoms with E-state index in [1.165, 1.54) is 0 Å². The van der Waals surface area contributed by atoms with E-state index >= 15 is 0 Å². The Morgan fingerprint density at radius 2 is 2.19 bits per heavy atom. The van der Waals surface area contributed by atoms with Crippen LogP contribution in [0.1, 0.15) is 32.4 Å². The van der Waals surface area contributed by atoms with Crippen molar-refractivity contribution in [3.05, 3.63) is 28.8 Å². The van der Waals surface area contributed by atoms with Gasteiger partial charge in [-0.15, -0.1) is 0 Å². The van der Waals surface area contributed by atoms with Crippen LogP contribution in [0.3, 0.4) is 0 Å². The highest BCUT2D eigenvalue weighted by Gasteiger charge is 2.23. The molecule has 1 aromatic carbocycles. The van der Waals surface area contributed by atoms with Gasteiger partial charge in [0, 0.05) is 25.2 Å². The second kappa shape index (κ2) is 7.45. The highest BCUT2D eigenvalue weighted by Crippen LogP contribution is 2.27. The third-order valence-corrected chi connectivity index (χ3v) is 4.10. The molecule has 0 bridgehead atoms. The monoisotopic (exact) mass is 312 g/mol. The molecule has 1 aliphatic heterocycles. The van der Waals surface area contributed by atoms with Gasteiger partial charge in [0.25, 0.3) is 0 Å². The molecular formula is C16H25ClN2O2. The lowest BCUT2D eigenvalue weighted by molar-refractivity contribution is -0.0564. The molecule has 1 aliphatic rings. The summed E-state index contributed by atoms with van der Waals surface area (Å²) in [5, 5.41) is 0.598. The molecule has 2 atom stereocenters. The number of halogens is 1. The molecule has 0 spiro atoms. The number of rotatable bonds is 5. The molecule has 0 amide bonds. The van der Waals surface area contributed by atoms with E-state index in [-0.39, 0.29) is 12.1 Å². The van der Waals surface area contributed by atoms with Gasteiger partial charge < -0.3 is 15.2 Å². The summed E-state index contributed by atoms with van der Waals surface area (Å²) in [6.45, 7) is 9.48. The molecule has 1 heterocycles. The van der Waals surface area contributed by atoms with Crippen LogP contribution in [0.25, 0.3) is 0 Å². The van der Waals surface area contributed by atoms with Crippen LogP contribution in [0.2, 0.25) is 5.02 Å². The topological polar surface area (TPSA) is 47.7 Å². The van der Waals surface area contributed by atoms with E-state index in [9.17, 15) is 0 Å². The van der Waals surface area contributed by atoms with Crippen molar-refractivity contribution < 1.29 is 9.47 Å². The molecular weight excluding hydrogens is 288 g/mol. The standard InChI is InChI=1S/C16H25ClN2O2/c1-11(2)19-6-7-20-14(9-19)10-21-16-5-4-13(12(3)18)8-15(16)17/h4-5,8,11-12,14H,6-7,9-10,18H2,1-3H3. The molecule has 5 heteroatoms. The van der Waals surface area contributed by atoms with Crippen molar-refractivity contribution in [2.24, 2.45) is 5.73 Å². The zero-order valence-corrected chi connectivity index (χ0v) is 13.8. The van der Waals surface area contributed by atoms with Crippen molar-refractivity contribution in [1.29, 1.82) is 0 Å². The Bertz CT molecular complexity index is 466. The number of benzene rings is 1. The van der Waals surface area contributed by atoms with Crippen LogP contribution in [-0.4, -0.2) is 43.3 Å². The fraction of sp³-hybridized carbons (Fsp3) is 0.625. The van der Waals surface area contributed by atoms with Gasteiger partial charge in [-0.25, -0.2) is 0 Å². The molecule has 21 heavy (non-hydrogen) atoms. The maximum atomic E-state index is 6.24. The van der Waals surface area contributed by atoms with E-state index in [0.29, 0.717) is 23.4 Å². The summed E-state index contributed by atoms with van der Waals surface area (Å²) in [5.41, 5.74) is 6.85. The van der Waals surface area contributed by atoms with Gasteiger partial charge in [0.2, 0.25) is 0 Å². The predicted octanol–water partition coefficient (Wildman–Crippen LogP) is 2.85. The largest absolute Gasteiger partial charge is 0.489 e. The zero-order valence-electron chi connectivity index (χ0n) is 13.0. The van der Waals surface area contributed by atoms with Gasteiger partial charge in [-0.05, 0) is 38.5 Å². The first-order valence-corrected chi connectivity index (χ1v) is 7.88. The Morgan fingerprint density at radius 1 is 1.43 bits per heavy atom. The smallest absolute Gasteiger partial charge is 0.138 e. The van der Waals surface area contributed by atoms with Gasteiger partial charge in [-0.3, -0.25) is 4.90 Å². The molecule has 0 saturated carbocycles. The van der Waals surface area contributed by atoms with E-state index in [4.69, 9.17) is 26.8 Å². The third kappa shape index (κ3) is 4.58. The summed E-state index contributed by atoms with van der Waals surface area (Å²) in [5.74, 6) is 0.686. The number of ether oxygens (including phenoxy) is 2. The van der Waals surface area contributed by atoms with Crippen LogP contribution in [0.4, 0.5) is 0 Å². The van der Waals surface area contributed by atoms with Crippen molar-refractivity contribution in [2.75, 3.05) is 26.3 Å². The van der Waals surface area contributed by atoms with E-state index < -0.39 is 0 Å². The van der Waals surface area contributed by atoms with Gasteiger partial charge >= 0.3 is 0 Å². The maximum Gasteiger partial charge on any atom is 0.138 e. The molecule has 2 N–H and O–H groups in total. The maximum absolute atomic E-state index is 6.24. The van der Waals surface area contributed by atoms with Crippen LogP contribution < -0.4 is 10.5 Å². The number of morpholine rings is 1. The van der Waals surface area contributed by atoms with Crippen LogP contribution in [-0.2, 0) is 4.74 Å². The fourth-order valence-electron chi connectivity index (χ4n) is 2.41. The average Bonchev–Trinajstić information content (AvgIpc) is 2.46. The second-order valence-corrected chi connectivity index (χ2v) is 6.28. The number of nitrogens with zero attached hydrogens (tertiary/aromatic N) is 1. The van der Waals surface area contributed by atoms with E-state index in [1.54, 1.807) is 0 Å². The van der Waals surface area contributed by atoms with Crippen LogP contribution in [0.5, 0.6) is 5.75 Å². The lowest BCUT2D eigenvalue weighted by atomic mass is 10.1. The van der Waals surface area contributed by atoms with E-state index in [0.717, 1.165) is 25.3 Å². The Morgan fingerprint density at radius 3 is 2.81 bits per heavy atom. The highest BCUT2D eigenvalue weighted by atomic mass is 35.5. The molecule has 4 nitrogen and oxygen atoms in total. The Balaban J connectivity index is 1.91. The minimum absolute atomic E-state index is 0.0298. The molecule has 118 valence electrons. The minimum atomic E-state index is -0.0298. The van der Waals surface area contributed by atoms with Crippen molar-refractivity contribution >= 4 is 11.6 Å². The van der Waals surface area contributed by atoms with Crippen molar-refractivity contribution in [3.63, 3.8) is 0 Å². The van der Waals surface area contributed by atoms with Gasteiger partial charge in [0.05, 0.1) is 11.6 Å². The van der Waals surface area contributed by atoms with Crippen molar-refractivity contribution in [3.8, 4) is 5.75 Å². The van der Waals surface area contributed by atoms with Gasteiger partial charge in [0.1, 0.15) is 18.5 Å². The summed E-state index contributed by atoms with van der Waals surface area (Å²) in [6.07, 6.45) is 0.0883. The first kappa shape index (κ1) is 16.6. The molecule has 1 saturated heterocycles.